The molecule has 1 aliphatic heterocycles. The number of nitrogens with two attached hydrogens (primary N) is 1. The number of hydrogen-bond acceptors (Lipinski definition) is 3. The monoisotopic (exact) mass is 219 g/mol. The van der Waals surface area contributed by atoms with Crippen LogP contribution >= 0.6 is 0 Å². The molecule has 0 radical (unpaired) electrons. The first-order valence-electron chi connectivity index (χ1n) is 5.66. The fourth-order valence-electron chi connectivity index (χ4n) is 1.89. The molecule has 1 amide bonds. The average Bonchev–Trinajstić information content (AvgIpc) is 2.48. The van der Waals surface area contributed by atoms with Crippen molar-refractivity contribution in [2.45, 2.75) is 25.3 Å². The lowest BCUT2D eigenvalue weighted by molar-refractivity contribution is -0.121. The molecule has 1 aromatic rings. The van der Waals surface area contributed by atoms with E-state index < -0.39 is 0 Å². The number of para-hydroxylation sites is 2. The zero-order valence-corrected chi connectivity index (χ0v) is 9.20. The van der Waals surface area contributed by atoms with Crippen molar-refractivity contribution in [1.82, 2.24) is 5.32 Å². The van der Waals surface area contributed by atoms with Crippen LogP contribution in [0, 0.1) is 0 Å². The van der Waals surface area contributed by atoms with E-state index in [-0.39, 0.29) is 11.9 Å². The third-order valence-corrected chi connectivity index (χ3v) is 2.83. The molecule has 0 aliphatic carbocycles. The molecule has 1 aliphatic rings. The molecule has 4 nitrogen and oxygen atoms in total. The van der Waals surface area contributed by atoms with E-state index in [0.717, 1.165) is 31.5 Å². The Kier molecular flexibility index (Phi) is 3.29. The Bertz CT molecular complexity index is 378. The van der Waals surface area contributed by atoms with E-state index in [2.05, 4.69) is 10.6 Å². The van der Waals surface area contributed by atoms with Crippen molar-refractivity contribution in [3.05, 3.63) is 24.3 Å². The molecule has 0 saturated carbocycles. The minimum absolute atomic E-state index is 0.0701. The molecule has 1 saturated heterocycles. The van der Waals surface area contributed by atoms with Crippen LogP contribution in [0.2, 0.25) is 0 Å². The predicted octanol–water partition coefficient (Wildman–Crippen LogP) is 1.35. The SMILES string of the molecule is Nc1ccccc1NC1CCCCNC1=O. The number of hydrogen-bond donors (Lipinski definition) is 3. The molecule has 1 aromatic carbocycles. The molecule has 1 atom stereocenters. The van der Waals surface area contributed by atoms with Crippen LogP contribution in [0.25, 0.3) is 0 Å². The van der Waals surface area contributed by atoms with Crippen molar-refractivity contribution in [2.24, 2.45) is 0 Å². The van der Waals surface area contributed by atoms with Gasteiger partial charge in [-0.2, -0.15) is 0 Å². The van der Waals surface area contributed by atoms with E-state index in [1.807, 2.05) is 24.3 Å². The number of carbonyl (C=O) groups excluding carboxylic acids is 1. The normalized spacial score (nSPS) is 21.0. The molecule has 4 N–H and O–H groups in total. The summed E-state index contributed by atoms with van der Waals surface area (Å²) in [7, 11) is 0. The van der Waals surface area contributed by atoms with E-state index in [1.54, 1.807) is 0 Å². The van der Waals surface area contributed by atoms with E-state index in [4.69, 9.17) is 5.73 Å². The summed E-state index contributed by atoms with van der Waals surface area (Å²) in [4.78, 5) is 11.7. The topological polar surface area (TPSA) is 67.2 Å². The summed E-state index contributed by atoms with van der Waals surface area (Å²) in [5.41, 5.74) is 7.35. The van der Waals surface area contributed by atoms with Gasteiger partial charge in [-0.1, -0.05) is 12.1 Å². The molecule has 16 heavy (non-hydrogen) atoms. The summed E-state index contributed by atoms with van der Waals surface area (Å²) >= 11 is 0. The second-order valence-corrected chi connectivity index (χ2v) is 4.07. The molecular formula is C12H17N3O. The lowest BCUT2D eigenvalue weighted by Crippen LogP contribution is -2.38. The van der Waals surface area contributed by atoms with Crippen LogP contribution in [0.1, 0.15) is 19.3 Å². The summed E-state index contributed by atoms with van der Waals surface area (Å²) in [6.45, 7) is 0.779. The summed E-state index contributed by atoms with van der Waals surface area (Å²) in [5, 5.41) is 6.09. The van der Waals surface area contributed by atoms with Gasteiger partial charge in [0.25, 0.3) is 0 Å². The number of carbonyl (C=O) groups is 1. The number of amides is 1. The molecule has 86 valence electrons. The lowest BCUT2D eigenvalue weighted by atomic mass is 10.1. The Labute approximate surface area is 95.2 Å². The van der Waals surface area contributed by atoms with Gasteiger partial charge in [0, 0.05) is 6.54 Å². The molecule has 0 aromatic heterocycles. The van der Waals surface area contributed by atoms with Crippen LogP contribution in [0.5, 0.6) is 0 Å². The Morgan fingerprint density at radius 2 is 2.12 bits per heavy atom. The highest BCUT2D eigenvalue weighted by Crippen LogP contribution is 2.19. The van der Waals surface area contributed by atoms with Gasteiger partial charge >= 0.3 is 0 Å². The fraction of sp³-hybridized carbons (Fsp3) is 0.417. The molecule has 2 rings (SSSR count). The first-order valence-corrected chi connectivity index (χ1v) is 5.66. The van der Waals surface area contributed by atoms with E-state index >= 15 is 0 Å². The maximum atomic E-state index is 11.7. The first kappa shape index (κ1) is 10.8. The molecule has 4 heteroatoms. The van der Waals surface area contributed by atoms with Crippen molar-refractivity contribution in [3.8, 4) is 0 Å². The van der Waals surface area contributed by atoms with Crippen molar-refractivity contribution in [3.63, 3.8) is 0 Å². The smallest absolute Gasteiger partial charge is 0.242 e. The molecule has 0 spiro atoms. The van der Waals surface area contributed by atoms with Gasteiger partial charge in [-0.15, -0.1) is 0 Å². The quantitative estimate of drug-likeness (QED) is 0.658. The molecule has 1 fully saturated rings. The highest BCUT2D eigenvalue weighted by atomic mass is 16.2. The number of rotatable bonds is 2. The van der Waals surface area contributed by atoms with Gasteiger partial charge in [-0.05, 0) is 31.4 Å². The zero-order valence-electron chi connectivity index (χ0n) is 9.20. The number of nitrogens with one attached hydrogen (secondary N) is 2. The summed E-state index contributed by atoms with van der Waals surface area (Å²) in [6.07, 6.45) is 2.97. The summed E-state index contributed by atoms with van der Waals surface area (Å²) < 4.78 is 0. The second-order valence-electron chi connectivity index (χ2n) is 4.07. The Balaban J connectivity index is 2.08. The van der Waals surface area contributed by atoms with E-state index in [9.17, 15) is 4.79 Å². The Morgan fingerprint density at radius 3 is 2.94 bits per heavy atom. The van der Waals surface area contributed by atoms with Crippen molar-refractivity contribution < 1.29 is 4.79 Å². The number of benzene rings is 1. The fourth-order valence-corrected chi connectivity index (χ4v) is 1.89. The van der Waals surface area contributed by atoms with Crippen LogP contribution in [-0.4, -0.2) is 18.5 Å². The number of nitrogen functional groups attached to an aromatic ring is 1. The minimum Gasteiger partial charge on any atom is -0.397 e. The first-order chi connectivity index (χ1) is 7.77. The van der Waals surface area contributed by atoms with Crippen molar-refractivity contribution in [1.29, 1.82) is 0 Å². The third-order valence-electron chi connectivity index (χ3n) is 2.83. The van der Waals surface area contributed by atoms with Crippen LogP contribution in [0.3, 0.4) is 0 Å². The van der Waals surface area contributed by atoms with Gasteiger partial charge in [0.05, 0.1) is 11.4 Å². The highest BCUT2D eigenvalue weighted by molar-refractivity contribution is 5.86. The molecule has 1 heterocycles. The van der Waals surface area contributed by atoms with E-state index in [0.29, 0.717) is 5.69 Å². The average molecular weight is 219 g/mol. The third kappa shape index (κ3) is 2.45. The van der Waals surface area contributed by atoms with Crippen molar-refractivity contribution >= 4 is 17.3 Å². The minimum atomic E-state index is -0.160. The summed E-state index contributed by atoms with van der Waals surface area (Å²) in [5.74, 6) is 0.0701. The van der Waals surface area contributed by atoms with Crippen molar-refractivity contribution in [2.75, 3.05) is 17.6 Å². The number of anilines is 2. The molecule has 0 bridgehead atoms. The molecule has 1 unspecified atom stereocenters. The maximum Gasteiger partial charge on any atom is 0.242 e. The summed E-state index contributed by atoms with van der Waals surface area (Å²) in [6, 6.07) is 7.36. The van der Waals surface area contributed by atoms with E-state index in [1.165, 1.54) is 0 Å². The molecular weight excluding hydrogens is 202 g/mol. The Morgan fingerprint density at radius 1 is 1.31 bits per heavy atom. The van der Waals surface area contributed by atoms with Gasteiger partial charge in [-0.25, -0.2) is 0 Å². The zero-order chi connectivity index (χ0) is 11.4. The van der Waals surface area contributed by atoms with Crippen LogP contribution in [0.15, 0.2) is 24.3 Å². The van der Waals surface area contributed by atoms with Crippen LogP contribution in [-0.2, 0) is 4.79 Å². The van der Waals surface area contributed by atoms with Gasteiger partial charge in [0.2, 0.25) is 5.91 Å². The van der Waals surface area contributed by atoms with Gasteiger partial charge in [-0.3, -0.25) is 4.79 Å². The predicted molar refractivity (Wildman–Crippen MR) is 65.1 cm³/mol. The highest BCUT2D eigenvalue weighted by Gasteiger charge is 2.20. The largest absolute Gasteiger partial charge is 0.397 e. The standard InChI is InChI=1S/C12H17N3O/c13-9-5-1-2-6-10(9)15-11-7-3-4-8-14-12(11)16/h1-2,5-6,11,15H,3-4,7-8,13H2,(H,14,16). The maximum absolute atomic E-state index is 11.7. The van der Waals surface area contributed by atoms with Gasteiger partial charge in [0.15, 0.2) is 0 Å². The van der Waals surface area contributed by atoms with Gasteiger partial charge < -0.3 is 16.4 Å². The van der Waals surface area contributed by atoms with Crippen LogP contribution in [0.4, 0.5) is 11.4 Å². The van der Waals surface area contributed by atoms with Crippen LogP contribution < -0.4 is 16.4 Å². The second kappa shape index (κ2) is 4.88. The lowest BCUT2D eigenvalue weighted by Gasteiger charge is -2.17. The Hall–Kier alpha value is -1.71. The van der Waals surface area contributed by atoms with Gasteiger partial charge in [0.1, 0.15) is 6.04 Å².